The third-order valence-corrected chi connectivity index (χ3v) is 5.58. The van der Waals surface area contributed by atoms with Gasteiger partial charge in [-0.2, -0.15) is 0 Å². The van der Waals surface area contributed by atoms with Crippen LogP contribution in [0, 0.1) is 0 Å². The van der Waals surface area contributed by atoms with Gasteiger partial charge in [0.05, 0.1) is 16.9 Å². The first-order chi connectivity index (χ1) is 14.4. The molecule has 0 radical (unpaired) electrons. The number of urea groups is 1. The molecule has 1 atom stereocenters. The summed E-state index contributed by atoms with van der Waals surface area (Å²) in [6.45, 7) is 6.42. The first-order valence-corrected chi connectivity index (χ1v) is 10.6. The molecule has 1 aromatic heterocycles. The lowest BCUT2D eigenvalue weighted by molar-refractivity contribution is 0.198. The van der Waals surface area contributed by atoms with Crippen LogP contribution in [0.4, 0.5) is 10.5 Å². The minimum Gasteiger partial charge on any atom is -0.317 e. The van der Waals surface area contributed by atoms with Crippen LogP contribution in [0.15, 0.2) is 47.3 Å². The maximum atomic E-state index is 13.0. The summed E-state index contributed by atoms with van der Waals surface area (Å²) >= 11 is 6.11. The van der Waals surface area contributed by atoms with Gasteiger partial charge in [-0.3, -0.25) is 9.36 Å². The van der Waals surface area contributed by atoms with Crippen LogP contribution in [0.25, 0.3) is 10.9 Å². The second-order valence-corrected chi connectivity index (χ2v) is 7.63. The topological polar surface area (TPSA) is 67.2 Å². The Labute approximate surface area is 181 Å². The highest BCUT2D eigenvalue weighted by atomic mass is 35.5. The number of nitrogens with zero attached hydrogens (tertiary/aromatic N) is 3. The van der Waals surface area contributed by atoms with Crippen LogP contribution in [0.3, 0.4) is 0 Å². The number of anilines is 1. The number of benzene rings is 2. The van der Waals surface area contributed by atoms with Crippen LogP contribution in [0.5, 0.6) is 0 Å². The standard InChI is InChI=1S/C23H27ClN4O2/c1-5-15-8-11-17(12-9-15)25-23(30)27(4)20(6-2)21-26-19-14-16(24)10-13-18(19)22(29)28(21)7-3/h8-14,20H,5-7H2,1-4H3,(H,25,30). The zero-order valence-electron chi connectivity index (χ0n) is 17.8. The number of fused-ring (bicyclic) bond motifs is 1. The minimum atomic E-state index is -0.365. The van der Waals surface area contributed by atoms with Gasteiger partial charge >= 0.3 is 6.03 Å². The van der Waals surface area contributed by atoms with E-state index in [0.29, 0.717) is 34.7 Å². The van der Waals surface area contributed by atoms with Gasteiger partial charge in [-0.25, -0.2) is 9.78 Å². The van der Waals surface area contributed by atoms with Gasteiger partial charge in [0.1, 0.15) is 5.82 Å². The molecule has 1 N–H and O–H groups in total. The number of hydrogen-bond acceptors (Lipinski definition) is 3. The summed E-state index contributed by atoms with van der Waals surface area (Å²) in [6.07, 6.45) is 1.55. The van der Waals surface area contributed by atoms with Crippen LogP contribution in [0.1, 0.15) is 44.6 Å². The molecule has 3 aromatic rings. The van der Waals surface area contributed by atoms with Gasteiger partial charge in [0.15, 0.2) is 0 Å². The lowest BCUT2D eigenvalue weighted by atomic mass is 10.1. The minimum absolute atomic E-state index is 0.128. The number of aromatic nitrogens is 2. The van der Waals surface area contributed by atoms with Crippen LogP contribution >= 0.6 is 11.6 Å². The summed E-state index contributed by atoms with van der Waals surface area (Å²) < 4.78 is 1.63. The Morgan fingerprint density at radius 3 is 2.47 bits per heavy atom. The van der Waals surface area contributed by atoms with Crippen LogP contribution in [0.2, 0.25) is 5.02 Å². The summed E-state index contributed by atoms with van der Waals surface area (Å²) in [5.41, 5.74) is 2.34. The normalized spacial score (nSPS) is 12.0. The lowest BCUT2D eigenvalue weighted by Crippen LogP contribution is -2.38. The summed E-state index contributed by atoms with van der Waals surface area (Å²) in [4.78, 5) is 32.3. The van der Waals surface area contributed by atoms with E-state index in [-0.39, 0.29) is 17.6 Å². The van der Waals surface area contributed by atoms with Gasteiger partial charge in [0.25, 0.3) is 5.56 Å². The Kier molecular flexibility index (Phi) is 6.77. The fourth-order valence-electron chi connectivity index (χ4n) is 3.58. The SMILES string of the molecule is CCc1ccc(NC(=O)N(C)C(CC)c2nc3cc(Cl)ccc3c(=O)n2CC)cc1. The van der Waals surface area contributed by atoms with Crippen molar-refractivity contribution in [2.24, 2.45) is 0 Å². The van der Waals surface area contributed by atoms with Gasteiger partial charge in [0, 0.05) is 24.3 Å². The highest BCUT2D eigenvalue weighted by molar-refractivity contribution is 6.31. The molecular weight excluding hydrogens is 400 g/mol. The van der Waals surface area contributed by atoms with Crippen molar-refractivity contribution in [2.75, 3.05) is 12.4 Å². The van der Waals surface area contributed by atoms with E-state index < -0.39 is 0 Å². The van der Waals surface area contributed by atoms with Crippen molar-refractivity contribution in [1.82, 2.24) is 14.5 Å². The quantitative estimate of drug-likeness (QED) is 0.585. The first kappa shape index (κ1) is 21.8. The molecule has 2 amide bonds. The third-order valence-electron chi connectivity index (χ3n) is 5.35. The Bertz CT molecular complexity index is 1110. The van der Waals surface area contributed by atoms with E-state index in [1.165, 1.54) is 5.56 Å². The number of carbonyl (C=O) groups is 1. The second-order valence-electron chi connectivity index (χ2n) is 7.20. The van der Waals surface area contributed by atoms with E-state index in [1.807, 2.05) is 38.1 Å². The summed E-state index contributed by atoms with van der Waals surface area (Å²) in [6, 6.07) is 12.2. The number of rotatable bonds is 6. The highest BCUT2D eigenvalue weighted by Crippen LogP contribution is 2.24. The van der Waals surface area contributed by atoms with Gasteiger partial charge in [-0.15, -0.1) is 0 Å². The largest absolute Gasteiger partial charge is 0.322 e. The van der Waals surface area contributed by atoms with Gasteiger partial charge < -0.3 is 10.2 Å². The fourth-order valence-corrected chi connectivity index (χ4v) is 3.74. The molecule has 2 aromatic carbocycles. The molecule has 0 spiro atoms. The highest BCUT2D eigenvalue weighted by Gasteiger charge is 2.25. The van der Waals surface area contributed by atoms with Gasteiger partial charge in [-0.1, -0.05) is 37.6 Å². The first-order valence-electron chi connectivity index (χ1n) is 10.2. The number of aryl methyl sites for hydroxylation is 1. The molecule has 30 heavy (non-hydrogen) atoms. The molecule has 0 fully saturated rings. The van der Waals surface area contributed by atoms with Crippen molar-refractivity contribution in [3.05, 3.63) is 69.2 Å². The average molecular weight is 427 g/mol. The third kappa shape index (κ3) is 4.33. The number of amides is 2. The van der Waals surface area contributed by atoms with Crippen molar-refractivity contribution < 1.29 is 4.79 Å². The molecule has 1 unspecified atom stereocenters. The maximum Gasteiger partial charge on any atom is 0.322 e. The summed E-state index contributed by atoms with van der Waals surface area (Å²) in [7, 11) is 1.72. The molecule has 0 saturated heterocycles. The Balaban J connectivity index is 1.96. The van der Waals surface area contributed by atoms with Crippen LogP contribution in [-0.4, -0.2) is 27.5 Å². The van der Waals surface area contributed by atoms with E-state index in [4.69, 9.17) is 16.6 Å². The molecular formula is C23H27ClN4O2. The van der Waals surface area contributed by atoms with E-state index in [2.05, 4.69) is 12.2 Å². The van der Waals surface area contributed by atoms with Gasteiger partial charge in [-0.05, 0) is 55.7 Å². The molecule has 0 aliphatic heterocycles. The molecule has 7 heteroatoms. The molecule has 0 aliphatic carbocycles. The number of hydrogen-bond donors (Lipinski definition) is 1. The molecule has 0 bridgehead atoms. The number of carbonyl (C=O) groups excluding carboxylic acids is 1. The van der Waals surface area contributed by atoms with Crippen molar-refractivity contribution in [1.29, 1.82) is 0 Å². The summed E-state index contributed by atoms with van der Waals surface area (Å²) in [5.74, 6) is 0.554. The van der Waals surface area contributed by atoms with E-state index in [1.54, 1.807) is 34.7 Å². The van der Waals surface area contributed by atoms with E-state index >= 15 is 0 Å². The molecule has 0 saturated carbocycles. The van der Waals surface area contributed by atoms with E-state index in [0.717, 1.165) is 12.1 Å². The Morgan fingerprint density at radius 2 is 1.87 bits per heavy atom. The average Bonchev–Trinajstić information content (AvgIpc) is 2.74. The van der Waals surface area contributed by atoms with Crippen molar-refractivity contribution in [3.63, 3.8) is 0 Å². The van der Waals surface area contributed by atoms with Gasteiger partial charge in [0.2, 0.25) is 0 Å². The predicted molar refractivity (Wildman–Crippen MR) is 122 cm³/mol. The smallest absolute Gasteiger partial charge is 0.317 e. The maximum absolute atomic E-state index is 13.0. The van der Waals surface area contributed by atoms with E-state index in [9.17, 15) is 9.59 Å². The monoisotopic (exact) mass is 426 g/mol. The Hall–Kier alpha value is -2.86. The van der Waals surface area contributed by atoms with Crippen LogP contribution in [-0.2, 0) is 13.0 Å². The van der Waals surface area contributed by atoms with Crippen molar-refractivity contribution in [3.8, 4) is 0 Å². The lowest BCUT2D eigenvalue weighted by Gasteiger charge is -2.29. The zero-order valence-corrected chi connectivity index (χ0v) is 18.5. The second kappa shape index (κ2) is 9.30. The number of halogens is 1. The number of nitrogens with one attached hydrogen (secondary N) is 1. The summed E-state index contributed by atoms with van der Waals surface area (Å²) in [5, 5.41) is 3.96. The molecule has 1 heterocycles. The molecule has 3 rings (SSSR count). The predicted octanol–water partition coefficient (Wildman–Crippen LogP) is 5.25. The van der Waals surface area contributed by atoms with Crippen molar-refractivity contribution >= 4 is 34.2 Å². The molecule has 158 valence electrons. The molecule has 0 aliphatic rings. The fraction of sp³-hybridized carbons (Fsp3) is 0.348. The Morgan fingerprint density at radius 1 is 1.17 bits per heavy atom. The molecule has 6 nitrogen and oxygen atoms in total. The van der Waals surface area contributed by atoms with Crippen LogP contribution < -0.4 is 10.9 Å². The zero-order chi connectivity index (χ0) is 21.8. The van der Waals surface area contributed by atoms with Crippen molar-refractivity contribution in [2.45, 2.75) is 46.2 Å².